The fraction of sp³-hybridized carbons (Fsp3) is 0.467. The lowest BCUT2D eigenvalue weighted by atomic mass is 9.93. The van der Waals surface area contributed by atoms with Gasteiger partial charge in [-0.25, -0.2) is 17.8 Å². The largest absolute Gasteiger partial charge is 0.490 e. The maximum Gasteiger partial charge on any atom is 0.165 e. The Morgan fingerprint density at radius 1 is 1.10 bits per heavy atom. The Balaban J connectivity index is 1.29. The van der Waals surface area contributed by atoms with Crippen molar-refractivity contribution < 1.29 is 17.5 Å². The van der Waals surface area contributed by atoms with Crippen LogP contribution in [0.5, 0.6) is 5.75 Å². The lowest BCUT2D eigenvalue weighted by molar-refractivity contribution is 0.123. The minimum atomic E-state index is -2.93. The minimum Gasteiger partial charge on any atom is -0.490 e. The molecule has 40 heavy (non-hydrogen) atoms. The highest BCUT2D eigenvalue weighted by Crippen LogP contribution is 2.33. The molecule has 0 atom stereocenters. The Kier molecular flexibility index (Phi) is 6.94. The third-order valence-electron chi connectivity index (χ3n) is 8.31. The van der Waals surface area contributed by atoms with E-state index in [4.69, 9.17) is 9.72 Å². The molecule has 3 aromatic heterocycles. The van der Waals surface area contributed by atoms with Crippen LogP contribution in [-0.2, 0) is 23.3 Å². The summed E-state index contributed by atoms with van der Waals surface area (Å²) in [5, 5.41) is 5.39. The standard InChI is InChI=1S/C30H36FN5O3S/c1-30(2,35-12-14-40(37,38)15-13-35)11-10-23-18-36(24-17-32-34(3)19-24)29-25(23)7-8-27(33-29)22-6-9-28(26(31)16-22)39-20-21-4-5-21/h6-9,16-19,21H,4-5,10-15,20H2,1-3H3. The summed E-state index contributed by atoms with van der Waals surface area (Å²) in [7, 11) is -1.04. The summed E-state index contributed by atoms with van der Waals surface area (Å²) in [6.45, 7) is 6.08. The van der Waals surface area contributed by atoms with E-state index in [2.05, 4.69) is 36.1 Å². The van der Waals surface area contributed by atoms with Crippen LogP contribution in [0.15, 0.2) is 48.9 Å². The van der Waals surface area contributed by atoms with Crippen molar-refractivity contribution in [1.82, 2.24) is 24.2 Å². The number of aromatic nitrogens is 4. The number of hydrogen-bond acceptors (Lipinski definition) is 6. The van der Waals surface area contributed by atoms with Crippen molar-refractivity contribution in [1.29, 1.82) is 0 Å². The first-order valence-electron chi connectivity index (χ1n) is 14.0. The summed E-state index contributed by atoms with van der Waals surface area (Å²) >= 11 is 0. The van der Waals surface area contributed by atoms with Gasteiger partial charge < -0.3 is 4.74 Å². The van der Waals surface area contributed by atoms with Gasteiger partial charge in [-0.1, -0.05) is 0 Å². The number of sulfone groups is 1. The highest BCUT2D eigenvalue weighted by molar-refractivity contribution is 7.91. The molecule has 1 aliphatic heterocycles. The van der Waals surface area contributed by atoms with Crippen LogP contribution < -0.4 is 4.74 Å². The third kappa shape index (κ3) is 5.65. The van der Waals surface area contributed by atoms with Gasteiger partial charge in [-0.3, -0.25) is 14.1 Å². The molecule has 0 unspecified atom stereocenters. The van der Waals surface area contributed by atoms with Crippen LogP contribution in [0.2, 0.25) is 0 Å². The maximum absolute atomic E-state index is 14.9. The molecule has 0 N–H and O–H groups in total. The number of benzene rings is 1. The fourth-order valence-electron chi connectivity index (χ4n) is 5.44. The Hall–Kier alpha value is -3.24. The molecule has 6 rings (SSSR count). The molecule has 1 saturated carbocycles. The van der Waals surface area contributed by atoms with Crippen LogP contribution >= 0.6 is 0 Å². The Morgan fingerprint density at radius 3 is 2.55 bits per heavy atom. The number of rotatable bonds is 9. The van der Waals surface area contributed by atoms with Gasteiger partial charge in [0.1, 0.15) is 5.65 Å². The van der Waals surface area contributed by atoms with E-state index >= 15 is 0 Å². The molecule has 10 heteroatoms. The molecule has 0 radical (unpaired) electrons. The molecule has 2 fully saturated rings. The van der Waals surface area contributed by atoms with Crippen molar-refractivity contribution in [3.8, 4) is 22.7 Å². The highest BCUT2D eigenvalue weighted by Gasteiger charge is 2.32. The number of aryl methyl sites for hydroxylation is 2. The molecule has 0 spiro atoms. The van der Waals surface area contributed by atoms with Crippen molar-refractivity contribution in [2.75, 3.05) is 31.2 Å². The molecule has 1 aliphatic carbocycles. The van der Waals surface area contributed by atoms with Crippen LogP contribution in [0, 0.1) is 11.7 Å². The number of halogens is 1. The SMILES string of the molecule is Cn1cc(-n2cc(CCC(C)(C)N3CCS(=O)(=O)CC3)c3ccc(-c4ccc(OCC5CC5)c(F)c4)nc32)cn1. The molecule has 1 saturated heterocycles. The van der Waals surface area contributed by atoms with E-state index in [1.165, 1.54) is 6.07 Å². The summed E-state index contributed by atoms with van der Waals surface area (Å²) in [5.74, 6) is 0.900. The summed E-state index contributed by atoms with van der Waals surface area (Å²) in [4.78, 5) is 7.29. The first-order chi connectivity index (χ1) is 19.1. The zero-order valence-corrected chi connectivity index (χ0v) is 24.1. The predicted molar refractivity (Wildman–Crippen MR) is 154 cm³/mol. The molecule has 0 bridgehead atoms. The zero-order valence-electron chi connectivity index (χ0n) is 23.3. The molecule has 8 nitrogen and oxygen atoms in total. The van der Waals surface area contributed by atoms with E-state index in [-0.39, 0.29) is 28.6 Å². The molecule has 2 aliphatic rings. The predicted octanol–water partition coefficient (Wildman–Crippen LogP) is 4.80. The van der Waals surface area contributed by atoms with E-state index in [0.717, 1.165) is 48.0 Å². The molecular formula is C30H36FN5O3S. The maximum atomic E-state index is 14.9. The van der Waals surface area contributed by atoms with Crippen molar-refractivity contribution in [3.05, 3.63) is 60.3 Å². The number of fused-ring (bicyclic) bond motifs is 1. The van der Waals surface area contributed by atoms with E-state index < -0.39 is 9.84 Å². The molecule has 0 amide bonds. The first kappa shape index (κ1) is 27.0. The van der Waals surface area contributed by atoms with Gasteiger partial charge in [-0.05, 0) is 81.3 Å². The van der Waals surface area contributed by atoms with Crippen molar-refractivity contribution in [2.45, 2.75) is 45.1 Å². The number of nitrogens with zero attached hydrogens (tertiary/aromatic N) is 5. The summed E-state index contributed by atoms with van der Waals surface area (Å²) in [6.07, 6.45) is 9.86. The second-order valence-corrected chi connectivity index (χ2v) is 14.1. The second-order valence-electron chi connectivity index (χ2n) is 11.8. The molecule has 4 heterocycles. The zero-order chi connectivity index (χ0) is 28.1. The Labute approximate surface area is 234 Å². The Morgan fingerprint density at radius 2 is 1.88 bits per heavy atom. The summed E-state index contributed by atoms with van der Waals surface area (Å²) in [5.41, 5.74) is 4.08. The minimum absolute atomic E-state index is 0.146. The second kappa shape index (κ2) is 10.3. The number of hydrogen-bond donors (Lipinski definition) is 0. The normalized spacial score (nSPS) is 17.9. The average Bonchev–Trinajstić information content (AvgIpc) is 3.54. The van der Waals surface area contributed by atoms with Crippen LogP contribution in [0.3, 0.4) is 0 Å². The Bertz CT molecular complexity index is 1640. The smallest absolute Gasteiger partial charge is 0.165 e. The highest BCUT2D eigenvalue weighted by atomic mass is 32.2. The van der Waals surface area contributed by atoms with Gasteiger partial charge in [0.2, 0.25) is 0 Å². The number of ether oxygens (including phenoxy) is 1. The van der Waals surface area contributed by atoms with Crippen LogP contribution in [-0.4, -0.2) is 69.4 Å². The van der Waals surface area contributed by atoms with Gasteiger partial charge in [-0.2, -0.15) is 5.10 Å². The fourth-order valence-corrected chi connectivity index (χ4v) is 6.65. The third-order valence-corrected chi connectivity index (χ3v) is 9.92. The summed E-state index contributed by atoms with van der Waals surface area (Å²) in [6, 6.07) is 9.06. The van der Waals surface area contributed by atoms with Gasteiger partial charge in [0, 0.05) is 49.0 Å². The van der Waals surface area contributed by atoms with Crippen molar-refractivity contribution in [3.63, 3.8) is 0 Å². The topological polar surface area (TPSA) is 82.2 Å². The van der Waals surface area contributed by atoms with Gasteiger partial charge in [-0.15, -0.1) is 0 Å². The van der Waals surface area contributed by atoms with Gasteiger partial charge >= 0.3 is 0 Å². The van der Waals surface area contributed by atoms with E-state index in [0.29, 0.717) is 36.9 Å². The van der Waals surface area contributed by atoms with Crippen molar-refractivity contribution >= 4 is 20.9 Å². The van der Waals surface area contributed by atoms with Crippen LogP contribution in [0.25, 0.3) is 28.0 Å². The van der Waals surface area contributed by atoms with Crippen LogP contribution in [0.4, 0.5) is 4.39 Å². The summed E-state index contributed by atoms with van der Waals surface area (Å²) < 4.78 is 48.2. The van der Waals surface area contributed by atoms with Crippen molar-refractivity contribution in [2.24, 2.45) is 13.0 Å². The quantitative estimate of drug-likeness (QED) is 0.290. The molecule has 4 aromatic rings. The average molecular weight is 566 g/mol. The lowest BCUT2D eigenvalue weighted by Gasteiger charge is -2.41. The number of pyridine rings is 1. The molecule has 212 valence electrons. The first-order valence-corrected chi connectivity index (χ1v) is 15.8. The van der Waals surface area contributed by atoms with Crippen LogP contribution in [0.1, 0.15) is 38.7 Å². The van der Waals surface area contributed by atoms with E-state index in [1.807, 2.05) is 29.9 Å². The van der Waals surface area contributed by atoms with Gasteiger partial charge in [0.25, 0.3) is 0 Å². The molecule has 1 aromatic carbocycles. The van der Waals surface area contributed by atoms with E-state index in [9.17, 15) is 12.8 Å². The monoisotopic (exact) mass is 565 g/mol. The lowest BCUT2D eigenvalue weighted by Crippen LogP contribution is -2.51. The molecular weight excluding hydrogens is 529 g/mol. The van der Waals surface area contributed by atoms with Gasteiger partial charge in [0.15, 0.2) is 21.4 Å². The van der Waals surface area contributed by atoms with E-state index in [1.54, 1.807) is 16.9 Å². The van der Waals surface area contributed by atoms with Gasteiger partial charge in [0.05, 0.1) is 35.7 Å².